The standard InChI is InChI=1S/C11H16BrNO2/c12-4-7-2-1-3-13(7)11(14)10-8-5-15-6-9(8)10/h7-10H,1-6H2. The van der Waals surface area contributed by atoms with Gasteiger partial charge in [-0.2, -0.15) is 0 Å². The van der Waals surface area contributed by atoms with Crippen LogP contribution in [0.3, 0.4) is 0 Å². The third-order valence-electron chi connectivity index (χ3n) is 4.08. The molecule has 0 aromatic rings. The van der Waals surface area contributed by atoms with Gasteiger partial charge in [-0.1, -0.05) is 15.9 Å². The molecule has 1 amide bonds. The minimum absolute atomic E-state index is 0.304. The zero-order valence-corrected chi connectivity index (χ0v) is 10.3. The molecule has 3 fully saturated rings. The van der Waals surface area contributed by atoms with Gasteiger partial charge in [0.05, 0.1) is 13.2 Å². The molecule has 0 bridgehead atoms. The van der Waals surface area contributed by atoms with Gasteiger partial charge in [-0.25, -0.2) is 0 Å². The van der Waals surface area contributed by atoms with Gasteiger partial charge < -0.3 is 9.64 Å². The van der Waals surface area contributed by atoms with Crippen LogP contribution in [0, 0.1) is 17.8 Å². The number of fused-ring (bicyclic) bond motifs is 1. The van der Waals surface area contributed by atoms with Crippen molar-refractivity contribution in [1.82, 2.24) is 4.90 Å². The molecule has 1 aliphatic carbocycles. The summed E-state index contributed by atoms with van der Waals surface area (Å²) in [4.78, 5) is 14.3. The lowest BCUT2D eigenvalue weighted by Crippen LogP contribution is -2.38. The minimum atomic E-state index is 0.304. The van der Waals surface area contributed by atoms with Gasteiger partial charge in [-0.3, -0.25) is 4.79 Å². The maximum Gasteiger partial charge on any atom is 0.226 e. The SMILES string of the molecule is O=C(C1C2COCC21)N1CCCC1CBr. The number of hydrogen-bond donors (Lipinski definition) is 0. The first-order chi connectivity index (χ1) is 7.33. The molecule has 2 aliphatic heterocycles. The Bertz CT molecular complexity index is 274. The molecule has 0 N–H and O–H groups in total. The molecule has 1 saturated carbocycles. The van der Waals surface area contributed by atoms with E-state index >= 15 is 0 Å². The van der Waals surface area contributed by atoms with E-state index in [2.05, 4.69) is 20.8 Å². The third-order valence-corrected chi connectivity index (χ3v) is 4.82. The molecular weight excluding hydrogens is 258 g/mol. The summed E-state index contributed by atoms with van der Waals surface area (Å²) in [6, 6.07) is 0.444. The van der Waals surface area contributed by atoms with Crippen molar-refractivity contribution in [2.24, 2.45) is 17.8 Å². The highest BCUT2D eigenvalue weighted by molar-refractivity contribution is 9.09. The van der Waals surface area contributed by atoms with Crippen LogP contribution in [0.25, 0.3) is 0 Å². The van der Waals surface area contributed by atoms with Crippen LogP contribution < -0.4 is 0 Å². The van der Waals surface area contributed by atoms with E-state index in [-0.39, 0.29) is 0 Å². The molecule has 3 nitrogen and oxygen atoms in total. The monoisotopic (exact) mass is 273 g/mol. The van der Waals surface area contributed by atoms with Crippen LogP contribution in [-0.2, 0) is 9.53 Å². The Morgan fingerprint density at radius 1 is 1.40 bits per heavy atom. The fraction of sp³-hybridized carbons (Fsp3) is 0.909. The summed E-state index contributed by atoms with van der Waals surface area (Å²) in [5.41, 5.74) is 0. The van der Waals surface area contributed by atoms with E-state index in [1.54, 1.807) is 0 Å². The van der Waals surface area contributed by atoms with E-state index in [1.807, 2.05) is 0 Å². The summed E-state index contributed by atoms with van der Waals surface area (Å²) in [6.07, 6.45) is 2.33. The van der Waals surface area contributed by atoms with E-state index in [9.17, 15) is 4.79 Å². The van der Waals surface area contributed by atoms with Crippen molar-refractivity contribution in [3.63, 3.8) is 0 Å². The topological polar surface area (TPSA) is 29.5 Å². The molecular formula is C11H16BrNO2. The Morgan fingerprint density at radius 2 is 2.13 bits per heavy atom. The quantitative estimate of drug-likeness (QED) is 0.710. The largest absolute Gasteiger partial charge is 0.381 e. The molecule has 3 rings (SSSR count). The van der Waals surface area contributed by atoms with Crippen LogP contribution >= 0.6 is 15.9 Å². The third kappa shape index (κ3) is 1.53. The molecule has 0 aromatic heterocycles. The maximum atomic E-state index is 12.2. The Morgan fingerprint density at radius 3 is 2.80 bits per heavy atom. The molecule has 84 valence electrons. The molecule has 2 saturated heterocycles. The fourth-order valence-corrected chi connectivity index (χ4v) is 3.76. The van der Waals surface area contributed by atoms with Crippen molar-refractivity contribution in [2.45, 2.75) is 18.9 Å². The van der Waals surface area contributed by atoms with Crippen LogP contribution in [0.1, 0.15) is 12.8 Å². The lowest BCUT2D eigenvalue weighted by Gasteiger charge is -2.23. The predicted octanol–water partition coefficient (Wildman–Crippen LogP) is 1.26. The van der Waals surface area contributed by atoms with Gasteiger partial charge in [-0.05, 0) is 24.7 Å². The number of carbonyl (C=O) groups excluding carboxylic acids is 1. The van der Waals surface area contributed by atoms with Crippen molar-refractivity contribution < 1.29 is 9.53 Å². The molecule has 2 heterocycles. The molecule has 15 heavy (non-hydrogen) atoms. The molecule has 0 spiro atoms. The highest BCUT2D eigenvalue weighted by Gasteiger charge is 2.59. The zero-order chi connectivity index (χ0) is 10.4. The molecule has 3 atom stereocenters. The summed E-state index contributed by atoms with van der Waals surface area (Å²) in [7, 11) is 0. The van der Waals surface area contributed by atoms with Crippen LogP contribution in [0.4, 0.5) is 0 Å². The summed E-state index contributed by atoms with van der Waals surface area (Å²) in [6.45, 7) is 2.59. The molecule has 0 radical (unpaired) electrons. The molecule has 0 aromatic carbocycles. The van der Waals surface area contributed by atoms with E-state index in [0.717, 1.165) is 31.5 Å². The molecule has 3 unspecified atom stereocenters. The normalized spacial score (nSPS) is 43.1. The first-order valence-corrected chi connectivity index (χ1v) is 6.89. The fourth-order valence-electron chi connectivity index (χ4n) is 3.08. The van der Waals surface area contributed by atoms with Crippen LogP contribution in [-0.4, -0.2) is 41.9 Å². The number of rotatable bonds is 2. The van der Waals surface area contributed by atoms with Gasteiger partial charge in [0.2, 0.25) is 5.91 Å². The second-order valence-electron chi connectivity index (χ2n) is 4.87. The second kappa shape index (κ2) is 3.74. The molecule has 3 aliphatic rings. The summed E-state index contributed by atoms with van der Waals surface area (Å²) < 4.78 is 5.32. The first-order valence-electron chi connectivity index (χ1n) is 5.77. The van der Waals surface area contributed by atoms with Crippen molar-refractivity contribution in [3.8, 4) is 0 Å². The van der Waals surface area contributed by atoms with Crippen LogP contribution in [0.5, 0.6) is 0 Å². The second-order valence-corrected chi connectivity index (χ2v) is 5.52. The lowest BCUT2D eigenvalue weighted by atomic mass is 10.2. The number of alkyl halides is 1. The van der Waals surface area contributed by atoms with Crippen molar-refractivity contribution in [3.05, 3.63) is 0 Å². The zero-order valence-electron chi connectivity index (χ0n) is 8.69. The maximum absolute atomic E-state index is 12.2. The van der Waals surface area contributed by atoms with Gasteiger partial charge in [-0.15, -0.1) is 0 Å². The number of hydrogen-bond acceptors (Lipinski definition) is 2. The van der Waals surface area contributed by atoms with Crippen LogP contribution in [0.15, 0.2) is 0 Å². The van der Waals surface area contributed by atoms with Gasteiger partial charge in [0.1, 0.15) is 0 Å². The average molecular weight is 274 g/mol. The van der Waals surface area contributed by atoms with E-state index in [0.29, 0.717) is 29.7 Å². The number of likely N-dealkylation sites (tertiary alicyclic amines) is 1. The number of amides is 1. The van der Waals surface area contributed by atoms with Gasteiger partial charge >= 0.3 is 0 Å². The van der Waals surface area contributed by atoms with E-state index in [4.69, 9.17) is 4.74 Å². The van der Waals surface area contributed by atoms with Gasteiger partial charge in [0, 0.05) is 23.8 Å². The number of halogens is 1. The summed E-state index contributed by atoms with van der Waals surface area (Å²) in [5.74, 6) is 1.80. The van der Waals surface area contributed by atoms with E-state index < -0.39 is 0 Å². The highest BCUT2D eigenvalue weighted by Crippen LogP contribution is 2.52. The molecule has 4 heteroatoms. The average Bonchev–Trinajstić information content (AvgIpc) is 2.72. The Labute approximate surface area is 98.3 Å². The smallest absolute Gasteiger partial charge is 0.226 e. The summed E-state index contributed by atoms with van der Waals surface area (Å²) >= 11 is 3.50. The number of carbonyl (C=O) groups is 1. The highest BCUT2D eigenvalue weighted by atomic mass is 79.9. The Balaban J connectivity index is 1.65. The number of ether oxygens (including phenoxy) is 1. The predicted molar refractivity (Wildman–Crippen MR) is 59.8 cm³/mol. The van der Waals surface area contributed by atoms with Gasteiger partial charge in [0.15, 0.2) is 0 Å². The Hall–Kier alpha value is -0.0900. The minimum Gasteiger partial charge on any atom is -0.381 e. The van der Waals surface area contributed by atoms with Crippen molar-refractivity contribution >= 4 is 21.8 Å². The van der Waals surface area contributed by atoms with E-state index in [1.165, 1.54) is 6.42 Å². The summed E-state index contributed by atoms with van der Waals surface area (Å²) in [5, 5.41) is 0.928. The first kappa shape index (κ1) is 10.1. The van der Waals surface area contributed by atoms with Gasteiger partial charge in [0.25, 0.3) is 0 Å². The van der Waals surface area contributed by atoms with Crippen molar-refractivity contribution in [2.75, 3.05) is 25.1 Å². The Kier molecular flexibility index (Phi) is 2.51. The van der Waals surface area contributed by atoms with Crippen LogP contribution in [0.2, 0.25) is 0 Å². The number of nitrogens with zero attached hydrogens (tertiary/aromatic N) is 1. The lowest BCUT2D eigenvalue weighted by molar-refractivity contribution is -0.134. The van der Waals surface area contributed by atoms with Crippen molar-refractivity contribution in [1.29, 1.82) is 0 Å².